The standard InChI is InChI=1S/C9H21NO/c1-8(10-3)6-4-5-7-9(2)11/h8-11H,4-7H2,1-3H3/t8?,9-/m1/s1. The van der Waals surface area contributed by atoms with Crippen LogP contribution in [0, 0.1) is 0 Å². The molecule has 0 saturated heterocycles. The summed E-state index contributed by atoms with van der Waals surface area (Å²) >= 11 is 0. The Morgan fingerprint density at radius 2 is 1.73 bits per heavy atom. The van der Waals surface area contributed by atoms with E-state index < -0.39 is 0 Å². The predicted octanol–water partition coefficient (Wildman–Crippen LogP) is 1.54. The van der Waals surface area contributed by atoms with Crippen LogP contribution in [-0.4, -0.2) is 24.3 Å². The zero-order valence-electron chi connectivity index (χ0n) is 7.93. The summed E-state index contributed by atoms with van der Waals surface area (Å²) in [5, 5.41) is 12.1. The zero-order valence-corrected chi connectivity index (χ0v) is 7.93. The molecule has 11 heavy (non-hydrogen) atoms. The molecule has 2 heteroatoms. The monoisotopic (exact) mass is 159 g/mol. The highest BCUT2D eigenvalue weighted by atomic mass is 16.3. The average molecular weight is 159 g/mol. The van der Waals surface area contributed by atoms with E-state index in [1.165, 1.54) is 12.8 Å². The lowest BCUT2D eigenvalue weighted by Crippen LogP contribution is -2.20. The number of nitrogens with one attached hydrogen (secondary N) is 1. The van der Waals surface area contributed by atoms with E-state index in [-0.39, 0.29) is 6.10 Å². The van der Waals surface area contributed by atoms with E-state index in [2.05, 4.69) is 12.2 Å². The van der Waals surface area contributed by atoms with Gasteiger partial charge in [-0.05, 0) is 33.7 Å². The number of hydrogen-bond acceptors (Lipinski definition) is 2. The molecule has 0 aliphatic rings. The molecule has 0 rings (SSSR count). The Morgan fingerprint density at radius 3 is 2.18 bits per heavy atom. The summed E-state index contributed by atoms with van der Waals surface area (Å²) in [6.07, 6.45) is 4.39. The van der Waals surface area contributed by atoms with E-state index in [1.54, 1.807) is 0 Å². The highest BCUT2D eigenvalue weighted by Crippen LogP contribution is 2.05. The van der Waals surface area contributed by atoms with Gasteiger partial charge in [0.25, 0.3) is 0 Å². The van der Waals surface area contributed by atoms with Crippen LogP contribution in [0.15, 0.2) is 0 Å². The Hall–Kier alpha value is -0.0800. The first-order valence-electron chi connectivity index (χ1n) is 4.52. The molecule has 0 amide bonds. The van der Waals surface area contributed by atoms with Gasteiger partial charge in [-0.15, -0.1) is 0 Å². The summed E-state index contributed by atoms with van der Waals surface area (Å²) < 4.78 is 0. The summed E-state index contributed by atoms with van der Waals surface area (Å²) in [7, 11) is 1.99. The number of aliphatic hydroxyl groups is 1. The molecule has 2 atom stereocenters. The van der Waals surface area contributed by atoms with Crippen LogP contribution in [0.5, 0.6) is 0 Å². The molecular weight excluding hydrogens is 138 g/mol. The Morgan fingerprint density at radius 1 is 1.18 bits per heavy atom. The Labute approximate surface area is 70.0 Å². The molecule has 2 N–H and O–H groups in total. The van der Waals surface area contributed by atoms with Crippen LogP contribution < -0.4 is 5.32 Å². The van der Waals surface area contributed by atoms with Crippen molar-refractivity contribution in [2.24, 2.45) is 0 Å². The van der Waals surface area contributed by atoms with Crippen LogP contribution >= 0.6 is 0 Å². The first-order valence-corrected chi connectivity index (χ1v) is 4.52. The topological polar surface area (TPSA) is 32.3 Å². The molecule has 68 valence electrons. The second-order valence-corrected chi connectivity index (χ2v) is 3.32. The SMILES string of the molecule is CNC(C)CCCC[C@@H](C)O. The molecule has 0 fully saturated rings. The molecule has 0 radical (unpaired) electrons. The maximum absolute atomic E-state index is 8.96. The predicted molar refractivity (Wildman–Crippen MR) is 48.7 cm³/mol. The molecule has 0 heterocycles. The highest BCUT2D eigenvalue weighted by Gasteiger charge is 1.98. The van der Waals surface area contributed by atoms with E-state index in [0.717, 1.165) is 12.8 Å². The van der Waals surface area contributed by atoms with Gasteiger partial charge in [-0.1, -0.05) is 12.8 Å². The van der Waals surface area contributed by atoms with Crippen molar-refractivity contribution in [3.8, 4) is 0 Å². The Kier molecular flexibility index (Phi) is 6.57. The quantitative estimate of drug-likeness (QED) is 0.576. The molecule has 0 aliphatic carbocycles. The van der Waals surface area contributed by atoms with Gasteiger partial charge in [0.05, 0.1) is 6.10 Å². The van der Waals surface area contributed by atoms with Gasteiger partial charge in [-0.25, -0.2) is 0 Å². The summed E-state index contributed by atoms with van der Waals surface area (Å²) in [5.41, 5.74) is 0. The minimum atomic E-state index is -0.125. The van der Waals surface area contributed by atoms with Gasteiger partial charge in [0, 0.05) is 6.04 Å². The van der Waals surface area contributed by atoms with Crippen molar-refractivity contribution in [2.75, 3.05) is 7.05 Å². The van der Waals surface area contributed by atoms with Gasteiger partial charge >= 0.3 is 0 Å². The van der Waals surface area contributed by atoms with Crippen molar-refractivity contribution in [3.05, 3.63) is 0 Å². The molecule has 1 unspecified atom stereocenters. The van der Waals surface area contributed by atoms with Crippen LogP contribution in [0.2, 0.25) is 0 Å². The summed E-state index contributed by atoms with van der Waals surface area (Å²) in [5.74, 6) is 0. The molecule has 0 aromatic rings. The smallest absolute Gasteiger partial charge is 0.0512 e. The van der Waals surface area contributed by atoms with Crippen LogP contribution in [-0.2, 0) is 0 Å². The first kappa shape index (κ1) is 10.9. The van der Waals surface area contributed by atoms with E-state index in [0.29, 0.717) is 6.04 Å². The van der Waals surface area contributed by atoms with Gasteiger partial charge < -0.3 is 10.4 Å². The third-order valence-corrected chi connectivity index (χ3v) is 2.00. The van der Waals surface area contributed by atoms with Crippen LogP contribution in [0.25, 0.3) is 0 Å². The van der Waals surface area contributed by atoms with Crippen LogP contribution in [0.3, 0.4) is 0 Å². The minimum Gasteiger partial charge on any atom is -0.393 e. The van der Waals surface area contributed by atoms with Crippen molar-refractivity contribution in [3.63, 3.8) is 0 Å². The van der Waals surface area contributed by atoms with Crippen molar-refractivity contribution in [1.29, 1.82) is 0 Å². The largest absolute Gasteiger partial charge is 0.393 e. The van der Waals surface area contributed by atoms with Gasteiger partial charge in [0.2, 0.25) is 0 Å². The third kappa shape index (κ3) is 7.82. The normalized spacial score (nSPS) is 16.4. The van der Waals surface area contributed by atoms with E-state index in [4.69, 9.17) is 5.11 Å². The average Bonchev–Trinajstić information content (AvgIpc) is 1.97. The fourth-order valence-corrected chi connectivity index (χ4v) is 1.03. The van der Waals surface area contributed by atoms with Crippen molar-refractivity contribution in [1.82, 2.24) is 5.32 Å². The van der Waals surface area contributed by atoms with Gasteiger partial charge in [0.15, 0.2) is 0 Å². The lowest BCUT2D eigenvalue weighted by molar-refractivity contribution is 0.180. The third-order valence-electron chi connectivity index (χ3n) is 2.00. The summed E-state index contributed by atoms with van der Waals surface area (Å²) in [6.45, 7) is 4.03. The molecular formula is C9H21NO. The first-order chi connectivity index (χ1) is 5.16. The van der Waals surface area contributed by atoms with Gasteiger partial charge in [-0.3, -0.25) is 0 Å². The summed E-state index contributed by atoms with van der Waals surface area (Å²) in [4.78, 5) is 0. The lowest BCUT2D eigenvalue weighted by atomic mass is 10.1. The number of hydrogen-bond donors (Lipinski definition) is 2. The lowest BCUT2D eigenvalue weighted by Gasteiger charge is -2.09. The van der Waals surface area contributed by atoms with E-state index >= 15 is 0 Å². The molecule has 0 aromatic carbocycles. The molecule has 0 spiro atoms. The number of rotatable bonds is 6. The van der Waals surface area contributed by atoms with E-state index in [1.807, 2.05) is 14.0 Å². The van der Waals surface area contributed by atoms with Gasteiger partial charge in [-0.2, -0.15) is 0 Å². The maximum Gasteiger partial charge on any atom is 0.0512 e. The fraction of sp³-hybridized carbons (Fsp3) is 1.00. The molecule has 0 aromatic heterocycles. The van der Waals surface area contributed by atoms with Crippen LogP contribution in [0.4, 0.5) is 0 Å². The fourth-order valence-electron chi connectivity index (χ4n) is 1.03. The summed E-state index contributed by atoms with van der Waals surface area (Å²) in [6, 6.07) is 0.615. The minimum absolute atomic E-state index is 0.125. The second kappa shape index (κ2) is 6.62. The molecule has 2 nitrogen and oxygen atoms in total. The van der Waals surface area contributed by atoms with Crippen molar-refractivity contribution >= 4 is 0 Å². The van der Waals surface area contributed by atoms with E-state index in [9.17, 15) is 0 Å². The second-order valence-electron chi connectivity index (χ2n) is 3.32. The Bertz CT molecular complexity index is 83.6. The van der Waals surface area contributed by atoms with Crippen molar-refractivity contribution in [2.45, 2.75) is 51.7 Å². The Balaban J connectivity index is 3.01. The highest BCUT2D eigenvalue weighted by molar-refractivity contribution is 4.57. The zero-order chi connectivity index (χ0) is 8.69. The van der Waals surface area contributed by atoms with Crippen LogP contribution in [0.1, 0.15) is 39.5 Å². The molecule has 0 saturated carbocycles. The van der Waals surface area contributed by atoms with Gasteiger partial charge in [0.1, 0.15) is 0 Å². The number of aliphatic hydroxyl groups excluding tert-OH is 1. The maximum atomic E-state index is 8.96. The molecule has 0 aliphatic heterocycles. The molecule has 0 bridgehead atoms. The van der Waals surface area contributed by atoms with Crippen molar-refractivity contribution < 1.29 is 5.11 Å². The number of unbranched alkanes of at least 4 members (excludes halogenated alkanes) is 1.